The first-order chi connectivity index (χ1) is 8.11. The van der Waals surface area contributed by atoms with Gasteiger partial charge in [-0.05, 0) is 37.6 Å². The van der Waals surface area contributed by atoms with E-state index in [1.807, 2.05) is 42.8 Å². The molecule has 4 heteroatoms. The Morgan fingerprint density at radius 3 is 2.71 bits per heavy atom. The molecular formula is C13H13BrN2O. The highest BCUT2D eigenvalue weighted by Gasteiger charge is 2.07. The molecule has 0 N–H and O–H groups in total. The zero-order valence-electron chi connectivity index (χ0n) is 9.77. The summed E-state index contributed by atoms with van der Waals surface area (Å²) in [7, 11) is 0. The van der Waals surface area contributed by atoms with Gasteiger partial charge < -0.3 is 4.57 Å². The molecule has 0 radical (unpaired) electrons. The van der Waals surface area contributed by atoms with E-state index >= 15 is 0 Å². The summed E-state index contributed by atoms with van der Waals surface area (Å²) in [4.78, 5) is 15.7. The number of carbonyl (C=O) groups excluding carboxylic acids is 1. The Hall–Kier alpha value is -1.42. The van der Waals surface area contributed by atoms with Crippen molar-refractivity contribution in [1.29, 1.82) is 0 Å². The maximum Gasteiger partial charge on any atom is 0.173 e. The van der Waals surface area contributed by atoms with Crippen molar-refractivity contribution in [3.05, 3.63) is 47.5 Å². The quantitative estimate of drug-likeness (QED) is 0.644. The molecule has 0 spiro atoms. The van der Waals surface area contributed by atoms with Gasteiger partial charge >= 0.3 is 0 Å². The van der Waals surface area contributed by atoms with Gasteiger partial charge in [0.1, 0.15) is 0 Å². The summed E-state index contributed by atoms with van der Waals surface area (Å²) < 4.78 is 1.97. The number of halogens is 1. The molecule has 0 aliphatic carbocycles. The van der Waals surface area contributed by atoms with Crippen molar-refractivity contribution < 1.29 is 4.79 Å². The molecule has 88 valence electrons. The number of hydrogen-bond acceptors (Lipinski definition) is 2. The molecule has 3 nitrogen and oxygen atoms in total. The van der Waals surface area contributed by atoms with Gasteiger partial charge in [0.25, 0.3) is 0 Å². The van der Waals surface area contributed by atoms with Crippen LogP contribution in [0.25, 0.3) is 5.69 Å². The van der Waals surface area contributed by atoms with E-state index in [-0.39, 0.29) is 5.78 Å². The summed E-state index contributed by atoms with van der Waals surface area (Å²) in [6.45, 7) is 3.95. The van der Waals surface area contributed by atoms with Crippen LogP contribution in [-0.4, -0.2) is 20.7 Å². The fourth-order valence-electron chi connectivity index (χ4n) is 1.75. The van der Waals surface area contributed by atoms with Crippen LogP contribution in [0.1, 0.15) is 21.6 Å². The van der Waals surface area contributed by atoms with Crippen molar-refractivity contribution in [2.24, 2.45) is 0 Å². The number of benzene rings is 1. The second kappa shape index (κ2) is 4.84. The van der Waals surface area contributed by atoms with Gasteiger partial charge in [0.05, 0.1) is 17.4 Å². The van der Waals surface area contributed by atoms with Crippen LogP contribution in [0.4, 0.5) is 0 Å². The minimum absolute atomic E-state index is 0.0986. The first-order valence-electron chi connectivity index (χ1n) is 5.32. The number of aromatic nitrogens is 2. The maximum atomic E-state index is 11.6. The second-order valence-electron chi connectivity index (χ2n) is 3.98. The Kier molecular flexibility index (Phi) is 3.43. The molecule has 0 saturated heterocycles. The van der Waals surface area contributed by atoms with E-state index in [9.17, 15) is 4.79 Å². The number of ketones is 1. The number of rotatable bonds is 3. The van der Waals surface area contributed by atoms with E-state index in [1.54, 1.807) is 6.33 Å². The molecule has 0 fully saturated rings. The highest BCUT2D eigenvalue weighted by Crippen LogP contribution is 2.17. The van der Waals surface area contributed by atoms with Crippen LogP contribution in [-0.2, 0) is 0 Å². The second-order valence-corrected chi connectivity index (χ2v) is 4.54. The SMILES string of the molecule is Cc1cn(-c2ccc(C(=O)CBr)cc2C)cn1. The summed E-state index contributed by atoms with van der Waals surface area (Å²) in [5.74, 6) is 0.0986. The number of imidazole rings is 1. The fourth-order valence-corrected chi connectivity index (χ4v) is 2.07. The predicted octanol–water partition coefficient (Wildman–Crippen LogP) is 3.07. The van der Waals surface area contributed by atoms with Gasteiger partial charge in [-0.2, -0.15) is 0 Å². The van der Waals surface area contributed by atoms with Crippen molar-refractivity contribution in [1.82, 2.24) is 9.55 Å². The summed E-state index contributed by atoms with van der Waals surface area (Å²) in [6.07, 6.45) is 3.75. The first kappa shape index (κ1) is 12.0. The minimum Gasteiger partial charge on any atom is -0.306 e. The topological polar surface area (TPSA) is 34.9 Å². The number of Topliss-reactive ketones (excluding diaryl/α,β-unsaturated/α-hetero) is 1. The van der Waals surface area contributed by atoms with Crippen LogP contribution >= 0.6 is 15.9 Å². The summed E-state index contributed by atoms with van der Waals surface area (Å²) in [5.41, 5.74) is 3.83. The summed E-state index contributed by atoms with van der Waals surface area (Å²) >= 11 is 3.18. The molecule has 0 bridgehead atoms. The zero-order valence-corrected chi connectivity index (χ0v) is 11.4. The minimum atomic E-state index is 0.0986. The molecule has 0 atom stereocenters. The van der Waals surface area contributed by atoms with E-state index in [4.69, 9.17) is 0 Å². The number of nitrogens with zero attached hydrogens (tertiary/aromatic N) is 2. The fraction of sp³-hybridized carbons (Fsp3) is 0.231. The van der Waals surface area contributed by atoms with Crippen LogP contribution in [0.2, 0.25) is 0 Å². The molecule has 2 rings (SSSR count). The third kappa shape index (κ3) is 2.47. The molecule has 0 amide bonds. The lowest BCUT2D eigenvalue weighted by Gasteiger charge is -2.08. The maximum absolute atomic E-state index is 11.6. The van der Waals surface area contributed by atoms with E-state index in [0.29, 0.717) is 5.33 Å². The largest absolute Gasteiger partial charge is 0.306 e. The van der Waals surface area contributed by atoms with Gasteiger partial charge in [0, 0.05) is 17.4 Å². The molecule has 1 aromatic heterocycles. The first-order valence-corrected chi connectivity index (χ1v) is 6.44. The third-order valence-electron chi connectivity index (χ3n) is 2.63. The van der Waals surface area contributed by atoms with Crippen LogP contribution in [0.3, 0.4) is 0 Å². The standard InChI is InChI=1S/C13H13BrN2O/c1-9-5-11(13(17)6-14)3-4-12(9)16-7-10(2)15-8-16/h3-5,7-8H,6H2,1-2H3. The van der Waals surface area contributed by atoms with Crippen LogP contribution in [0.5, 0.6) is 0 Å². The normalized spacial score (nSPS) is 10.5. The average molecular weight is 293 g/mol. The Morgan fingerprint density at radius 2 is 2.18 bits per heavy atom. The van der Waals surface area contributed by atoms with Gasteiger partial charge in [-0.25, -0.2) is 4.98 Å². The Labute approximate surface area is 109 Å². The van der Waals surface area contributed by atoms with Gasteiger partial charge in [-0.1, -0.05) is 15.9 Å². The molecule has 1 heterocycles. The number of carbonyl (C=O) groups is 1. The zero-order chi connectivity index (χ0) is 12.4. The monoisotopic (exact) mass is 292 g/mol. The summed E-state index contributed by atoms with van der Waals surface area (Å²) in [5, 5.41) is 0.357. The molecule has 17 heavy (non-hydrogen) atoms. The Morgan fingerprint density at radius 1 is 1.41 bits per heavy atom. The lowest BCUT2D eigenvalue weighted by molar-refractivity contribution is 0.102. The lowest BCUT2D eigenvalue weighted by Crippen LogP contribution is -2.02. The molecule has 0 aliphatic rings. The smallest absolute Gasteiger partial charge is 0.173 e. The van der Waals surface area contributed by atoms with Crippen molar-refractivity contribution in [3.8, 4) is 5.69 Å². The van der Waals surface area contributed by atoms with Crippen molar-refractivity contribution in [3.63, 3.8) is 0 Å². The molecule has 0 saturated carbocycles. The number of alkyl halides is 1. The molecule has 0 unspecified atom stereocenters. The predicted molar refractivity (Wildman–Crippen MR) is 71.2 cm³/mol. The van der Waals surface area contributed by atoms with Gasteiger partial charge in [0.2, 0.25) is 0 Å². The Balaban J connectivity index is 2.41. The van der Waals surface area contributed by atoms with Gasteiger partial charge in [0.15, 0.2) is 5.78 Å². The van der Waals surface area contributed by atoms with Gasteiger partial charge in [-0.3, -0.25) is 4.79 Å². The molecular weight excluding hydrogens is 280 g/mol. The number of hydrogen-bond donors (Lipinski definition) is 0. The molecule has 0 aliphatic heterocycles. The average Bonchev–Trinajstić information content (AvgIpc) is 2.74. The summed E-state index contributed by atoms with van der Waals surface area (Å²) in [6, 6.07) is 5.71. The van der Waals surface area contributed by atoms with E-state index in [2.05, 4.69) is 20.9 Å². The van der Waals surface area contributed by atoms with Gasteiger partial charge in [-0.15, -0.1) is 0 Å². The van der Waals surface area contributed by atoms with Crippen LogP contribution in [0, 0.1) is 13.8 Å². The van der Waals surface area contributed by atoms with Crippen molar-refractivity contribution >= 4 is 21.7 Å². The number of aryl methyl sites for hydroxylation is 2. The van der Waals surface area contributed by atoms with Crippen LogP contribution in [0.15, 0.2) is 30.7 Å². The van der Waals surface area contributed by atoms with Crippen LogP contribution < -0.4 is 0 Å². The highest BCUT2D eigenvalue weighted by molar-refractivity contribution is 9.09. The van der Waals surface area contributed by atoms with E-state index in [0.717, 1.165) is 22.5 Å². The third-order valence-corrected chi connectivity index (χ3v) is 3.14. The highest BCUT2D eigenvalue weighted by atomic mass is 79.9. The molecule has 1 aromatic carbocycles. The molecule has 2 aromatic rings. The van der Waals surface area contributed by atoms with E-state index in [1.165, 1.54) is 0 Å². The Bertz CT molecular complexity index is 560. The van der Waals surface area contributed by atoms with Crippen molar-refractivity contribution in [2.75, 3.05) is 5.33 Å². The van der Waals surface area contributed by atoms with E-state index < -0.39 is 0 Å². The van der Waals surface area contributed by atoms with Crippen molar-refractivity contribution in [2.45, 2.75) is 13.8 Å². The lowest BCUT2D eigenvalue weighted by atomic mass is 10.1.